The number of halogens is 2. The summed E-state index contributed by atoms with van der Waals surface area (Å²) in [6.07, 6.45) is 1.75. The third kappa shape index (κ3) is 4.91. The van der Waals surface area contributed by atoms with Crippen molar-refractivity contribution in [3.05, 3.63) is 69.2 Å². The maximum absolute atomic E-state index is 13.3. The predicted octanol–water partition coefficient (Wildman–Crippen LogP) is 5.70. The lowest BCUT2D eigenvalue weighted by Crippen LogP contribution is -2.44. The van der Waals surface area contributed by atoms with Gasteiger partial charge >= 0.3 is 5.97 Å². The first-order chi connectivity index (χ1) is 13.5. The molecule has 0 aromatic heterocycles. The molecule has 0 saturated carbocycles. The van der Waals surface area contributed by atoms with Gasteiger partial charge in [0.05, 0.1) is 6.61 Å². The lowest BCUT2D eigenvalue weighted by atomic mass is 10.1. The molecule has 0 bridgehead atoms. The lowest BCUT2D eigenvalue weighted by molar-refractivity contribution is -0.148. The second-order valence-electron chi connectivity index (χ2n) is 6.50. The van der Waals surface area contributed by atoms with E-state index in [9.17, 15) is 9.59 Å². The zero-order valence-electron chi connectivity index (χ0n) is 15.4. The molecule has 1 aliphatic heterocycles. The van der Waals surface area contributed by atoms with Crippen LogP contribution in [0.3, 0.4) is 0 Å². The minimum absolute atomic E-state index is 0.195. The molecule has 0 spiro atoms. The van der Waals surface area contributed by atoms with E-state index in [1.165, 1.54) is 0 Å². The summed E-state index contributed by atoms with van der Waals surface area (Å²) in [6.45, 7) is 2.41. The van der Waals surface area contributed by atoms with Crippen LogP contribution < -0.4 is 0 Å². The van der Waals surface area contributed by atoms with Crippen LogP contribution in [0, 0.1) is 0 Å². The maximum Gasteiger partial charge on any atom is 0.329 e. The summed E-state index contributed by atoms with van der Waals surface area (Å²) in [6, 6.07) is 13.9. The maximum atomic E-state index is 13.3. The fraction of sp³-hybridized carbons (Fsp3) is 0.333. The first-order valence-corrected chi connectivity index (χ1v) is 11.3. The van der Waals surface area contributed by atoms with E-state index in [4.69, 9.17) is 16.3 Å². The van der Waals surface area contributed by atoms with Gasteiger partial charge < -0.3 is 9.64 Å². The molecule has 2 aromatic rings. The SMILES string of the molecule is CCCCOC(=O)C1CSC(c2cccc(Cl)c2)N1C(=O)c1ccc(Br)cc1. The van der Waals surface area contributed by atoms with E-state index >= 15 is 0 Å². The number of rotatable bonds is 6. The molecule has 1 amide bonds. The van der Waals surface area contributed by atoms with E-state index in [0.717, 1.165) is 22.9 Å². The fourth-order valence-corrected chi connectivity index (χ4v) is 4.87. The first-order valence-electron chi connectivity index (χ1n) is 9.13. The van der Waals surface area contributed by atoms with Crippen molar-refractivity contribution in [3.8, 4) is 0 Å². The van der Waals surface area contributed by atoms with Crippen molar-refractivity contribution in [3.63, 3.8) is 0 Å². The normalized spacial score (nSPS) is 18.9. The number of hydrogen-bond donors (Lipinski definition) is 0. The Morgan fingerprint density at radius 3 is 2.68 bits per heavy atom. The van der Waals surface area contributed by atoms with E-state index in [0.29, 0.717) is 22.9 Å². The van der Waals surface area contributed by atoms with Crippen molar-refractivity contribution in [2.45, 2.75) is 31.2 Å². The van der Waals surface area contributed by atoms with Crippen LogP contribution >= 0.6 is 39.3 Å². The monoisotopic (exact) mass is 481 g/mol. The predicted molar refractivity (Wildman–Crippen MR) is 117 cm³/mol. The minimum atomic E-state index is -0.623. The van der Waals surface area contributed by atoms with Crippen molar-refractivity contribution < 1.29 is 14.3 Å². The fourth-order valence-electron chi connectivity index (χ4n) is 3.01. The molecule has 1 aliphatic rings. The molecule has 7 heteroatoms. The number of carbonyl (C=O) groups excluding carboxylic acids is 2. The number of amides is 1. The van der Waals surface area contributed by atoms with E-state index in [1.54, 1.807) is 34.9 Å². The van der Waals surface area contributed by atoms with Crippen LogP contribution in [0.15, 0.2) is 53.0 Å². The number of esters is 1. The van der Waals surface area contributed by atoms with Crippen LogP contribution in [0.1, 0.15) is 41.1 Å². The highest BCUT2D eigenvalue weighted by Crippen LogP contribution is 2.43. The van der Waals surface area contributed by atoms with Gasteiger partial charge in [-0.15, -0.1) is 11.8 Å². The average molecular weight is 483 g/mol. The molecule has 2 atom stereocenters. The zero-order valence-corrected chi connectivity index (χ0v) is 18.6. The molecule has 2 unspecified atom stereocenters. The van der Waals surface area contributed by atoms with Gasteiger partial charge in [0.15, 0.2) is 0 Å². The van der Waals surface area contributed by atoms with Crippen molar-refractivity contribution in [2.75, 3.05) is 12.4 Å². The third-order valence-corrected chi connectivity index (χ3v) is 6.56. The van der Waals surface area contributed by atoms with E-state index in [1.807, 2.05) is 37.3 Å². The molecular formula is C21H21BrClNO3S. The summed E-state index contributed by atoms with van der Waals surface area (Å²) < 4.78 is 6.32. The number of nitrogens with zero attached hydrogens (tertiary/aromatic N) is 1. The van der Waals surface area contributed by atoms with E-state index < -0.39 is 6.04 Å². The lowest BCUT2D eigenvalue weighted by Gasteiger charge is -2.29. The highest BCUT2D eigenvalue weighted by Gasteiger charge is 2.43. The van der Waals surface area contributed by atoms with Crippen molar-refractivity contribution >= 4 is 51.2 Å². The minimum Gasteiger partial charge on any atom is -0.464 e. The molecule has 0 N–H and O–H groups in total. The largest absolute Gasteiger partial charge is 0.464 e. The Hall–Kier alpha value is -1.50. The topological polar surface area (TPSA) is 46.6 Å². The molecule has 4 nitrogen and oxygen atoms in total. The van der Waals surface area contributed by atoms with Gasteiger partial charge in [0.2, 0.25) is 0 Å². The third-order valence-electron chi connectivity index (χ3n) is 4.47. The quantitative estimate of drug-likeness (QED) is 0.391. The molecule has 1 fully saturated rings. The Morgan fingerprint density at radius 1 is 1.25 bits per heavy atom. The Bertz CT molecular complexity index is 846. The molecule has 2 aromatic carbocycles. The zero-order chi connectivity index (χ0) is 20.1. The van der Waals surface area contributed by atoms with Gasteiger partial charge in [-0.25, -0.2) is 4.79 Å². The van der Waals surface area contributed by atoms with Crippen LogP contribution in [0.5, 0.6) is 0 Å². The molecule has 0 radical (unpaired) electrons. The van der Waals surface area contributed by atoms with Gasteiger partial charge in [-0.2, -0.15) is 0 Å². The summed E-state index contributed by atoms with van der Waals surface area (Å²) >= 11 is 11.1. The van der Waals surface area contributed by atoms with Crippen LogP contribution in [-0.2, 0) is 9.53 Å². The van der Waals surface area contributed by atoms with Crippen LogP contribution in [0.4, 0.5) is 0 Å². The Kier molecular flexibility index (Phi) is 7.43. The summed E-state index contributed by atoms with van der Waals surface area (Å²) in [7, 11) is 0. The average Bonchev–Trinajstić information content (AvgIpc) is 3.13. The number of unbranched alkanes of at least 4 members (excludes halogenated alkanes) is 1. The summed E-state index contributed by atoms with van der Waals surface area (Å²) in [5.74, 6) is -0.0550. The van der Waals surface area contributed by atoms with E-state index in [-0.39, 0.29) is 17.3 Å². The van der Waals surface area contributed by atoms with Crippen molar-refractivity contribution in [1.29, 1.82) is 0 Å². The first kappa shape index (κ1) is 21.2. The highest BCUT2D eigenvalue weighted by molar-refractivity contribution is 9.10. The van der Waals surface area contributed by atoms with Gasteiger partial charge in [-0.1, -0.05) is 53.0 Å². The molecule has 1 saturated heterocycles. The Labute approximate surface area is 182 Å². The van der Waals surface area contributed by atoms with Crippen molar-refractivity contribution in [1.82, 2.24) is 4.90 Å². The van der Waals surface area contributed by atoms with E-state index in [2.05, 4.69) is 15.9 Å². The smallest absolute Gasteiger partial charge is 0.329 e. The molecule has 148 valence electrons. The van der Waals surface area contributed by atoms with Gasteiger partial charge in [0.1, 0.15) is 11.4 Å². The number of carbonyl (C=O) groups is 2. The van der Waals surface area contributed by atoms with Gasteiger partial charge in [0.25, 0.3) is 5.91 Å². The number of benzene rings is 2. The molecule has 3 rings (SSSR count). The molecule has 28 heavy (non-hydrogen) atoms. The van der Waals surface area contributed by atoms with Crippen LogP contribution in [0.2, 0.25) is 5.02 Å². The summed E-state index contributed by atoms with van der Waals surface area (Å²) in [5.41, 5.74) is 1.43. The second-order valence-corrected chi connectivity index (χ2v) is 8.96. The summed E-state index contributed by atoms with van der Waals surface area (Å²) in [5, 5.41) is 0.307. The highest BCUT2D eigenvalue weighted by atomic mass is 79.9. The van der Waals surface area contributed by atoms with Crippen LogP contribution in [0.25, 0.3) is 0 Å². The molecular weight excluding hydrogens is 462 g/mol. The van der Waals surface area contributed by atoms with Gasteiger partial charge in [0, 0.05) is 20.8 Å². The number of ether oxygens (including phenoxy) is 1. The summed E-state index contributed by atoms with van der Waals surface area (Å²) in [4.78, 5) is 27.7. The number of hydrogen-bond acceptors (Lipinski definition) is 4. The van der Waals surface area contributed by atoms with Gasteiger partial charge in [-0.3, -0.25) is 4.79 Å². The standard InChI is InChI=1S/C21H21BrClNO3S/c1-2-3-11-27-21(26)18-13-28-20(15-5-4-6-17(23)12-15)24(18)19(25)14-7-9-16(22)10-8-14/h4-10,12,18,20H,2-3,11,13H2,1H3. The Balaban J connectivity index is 1.90. The molecule has 0 aliphatic carbocycles. The second kappa shape index (κ2) is 9.81. The van der Waals surface area contributed by atoms with Crippen molar-refractivity contribution in [2.24, 2.45) is 0 Å². The number of thioether (sulfide) groups is 1. The molecule has 1 heterocycles. The Morgan fingerprint density at radius 2 is 2.00 bits per heavy atom. The van der Waals surface area contributed by atoms with Crippen LogP contribution in [-0.4, -0.2) is 35.2 Å². The van der Waals surface area contributed by atoms with Gasteiger partial charge in [-0.05, 0) is 48.4 Å².